The highest BCUT2D eigenvalue weighted by Crippen LogP contribution is 2.23. The molecule has 1 amide bonds. The molecular weight excluding hydrogens is 401 g/mol. The number of carbonyl (C=O) groups is 1. The van der Waals surface area contributed by atoms with Gasteiger partial charge in [-0.25, -0.2) is 13.1 Å². The van der Waals surface area contributed by atoms with Gasteiger partial charge in [0.2, 0.25) is 15.9 Å². The van der Waals surface area contributed by atoms with Crippen molar-refractivity contribution in [1.29, 1.82) is 0 Å². The number of aromatic nitrogens is 1. The highest BCUT2D eigenvalue weighted by molar-refractivity contribution is 7.88. The Morgan fingerprint density at radius 2 is 1.96 bits per heavy atom. The molecule has 2 rings (SSSR count). The average Bonchev–Trinajstić information content (AvgIpc) is 3.07. The van der Waals surface area contributed by atoms with Crippen LogP contribution in [0.15, 0.2) is 35.1 Å². The molecule has 0 aliphatic heterocycles. The van der Waals surface area contributed by atoms with Crippen molar-refractivity contribution in [3.8, 4) is 0 Å². The second-order valence-electron chi connectivity index (χ2n) is 5.60. The summed E-state index contributed by atoms with van der Waals surface area (Å²) in [5, 5.41) is 7.21. The highest BCUT2D eigenvalue weighted by Gasteiger charge is 2.13. The van der Waals surface area contributed by atoms with Gasteiger partial charge in [0.1, 0.15) is 12.0 Å². The number of benzene rings is 1. The summed E-state index contributed by atoms with van der Waals surface area (Å²) >= 11 is 11.8. The Kier molecular flexibility index (Phi) is 7.89. The van der Waals surface area contributed by atoms with E-state index in [1.165, 1.54) is 12.3 Å². The monoisotopic (exact) mass is 419 g/mol. The van der Waals surface area contributed by atoms with Crippen molar-refractivity contribution in [2.75, 3.05) is 13.1 Å². The van der Waals surface area contributed by atoms with Gasteiger partial charge in [-0.2, -0.15) is 0 Å². The van der Waals surface area contributed by atoms with Crippen molar-refractivity contribution in [2.24, 2.45) is 0 Å². The quantitative estimate of drug-likeness (QED) is 0.576. The van der Waals surface area contributed by atoms with E-state index in [1.807, 2.05) is 6.07 Å². The van der Waals surface area contributed by atoms with E-state index in [0.717, 1.165) is 5.56 Å². The SMILES string of the molecule is O=C(CCCc1ccc(Cl)c(Cl)c1)NCCNS(=O)(=O)Cc1ccon1. The topological polar surface area (TPSA) is 101 Å². The molecule has 0 atom stereocenters. The Balaban J connectivity index is 1.60. The number of rotatable bonds is 10. The van der Waals surface area contributed by atoms with Gasteiger partial charge in [-0.05, 0) is 30.5 Å². The van der Waals surface area contributed by atoms with Crippen LogP contribution >= 0.6 is 23.2 Å². The number of amides is 1. The molecule has 0 saturated carbocycles. The second kappa shape index (κ2) is 9.91. The summed E-state index contributed by atoms with van der Waals surface area (Å²) in [6.07, 6.45) is 3.01. The Morgan fingerprint density at radius 1 is 1.15 bits per heavy atom. The highest BCUT2D eigenvalue weighted by atomic mass is 35.5. The summed E-state index contributed by atoms with van der Waals surface area (Å²) in [4.78, 5) is 11.8. The molecule has 1 aromatic carbocycles. The maximum atomic E-state index is 11.8. The summed E-state index contributed by atoms with van der Waals surface area (Å²) < 4.78 is 30.6. The van der Waals surface area contributed by atoms with Crippen molar-refractivity contribution >= 4 is 39.1 Å². The van der Waals surface area contributed by atoms with Crippen LogP contribution in [0.25, 0.3) is 0 Å². The minimum absolute atomic E-state index is 0.110. The Labute approximate surface area is 162 Å². The van der Waals surface area contributed by atoms with Gasteiger partial charge in [-0.1, -0.05) is 34.4 Å². The summed E-state index contributed by atoms with van der Waals surface area (Å²) in [5.41, 5.74) is 1.33. The van der Waals surface area contributed by atoms with Gasteiger partial charge < -0.3 is 9.84 Å². The van der Waals surface area contributed by atoms with Crippen molar-refractivity contribution < 1.29 is 17.7 Å². The first-order valence-electron chi connectivity index (χ1n) is 7.93. The van der Waals surface area contributed by atoms with E-state index in [0.29, 0.717) is 35.0 Å². The van der Waals surface area contributed by atoms with E-state index in [9.17, 15) is 13.2 Å². The normalized spacial score (nSPS) is 11.5. The third-order valence-electron chi connectivity index (χ3n) is 3.45. The zero-order valence-electron chi connectivity index (χ0n) is 13.9. The molecule has 2 aromatic rings. The van der Waals surface area contributed by atoms with E-state index in [-0.39, 0.29) is 24.7 Å². The average molecular weight is 420 g/mol. The molecule has 0 fully saturated rings. The van der Waals surface area contributed by atoms with Crippen LogP contribution in [0, 0.1) is 0 Å². The molecule has 0 radical (unpaired) electrons. The van der Waals surface area contributed by atoms with Crippen molar-refractivity contribution in [1.82, 2.24) is 15.2 Å². The number of hydrogen-bond donors (Lipinski definition) is 2. The van der Waals surface area contributed by atoms with Gasteiger partial charge >= 0.3 is 0 Å². The molecule has 1 heterocycles. The molecule has 0 bridgehead atoms. The first-order valence-corrected chi connectivity index (χ1v) is 10.3. The fraction of sp³-hybridized carbons (Fsp3) is 0.375. The predicted molar refractivity (Wildman–Crippen MR) is 99.5 cm³/mol. The number of nitrogens with zero attached hydrogens (tertiary/aromatic N) is 1. The Hall–Kier alpha value is -1.61. The smallest absolute Gasteiger partial charge is 0.220 e. The maximum Gasteiger partial charge on any atom is 0.220 e. The number of hydrogen-bond acceptors (Lipinski definition) is 5. The van der Waals surface area contributed by atoms with Gasteiger partial charge in [0.15, 0.2) is 0 Å². The van der Waals surface area contributed by atoms with Crippen LogP contribution in [0.1, 0.15) is 24.1 Å². The molecule has 0 aliphatic carbocycles. The molecule has 0 aliphatic rings. The fourth-order valence-electron chi connectivity index (χ4n) is 2.20. The van der Waals surface area contributed by atoms with Gasteiger partial charge in [-0.3, -0.25) is 4.79 Å². The molecule has 7 nitrogen and oxygen atoms in total. The third kappa shape index (κ3) is 7.33. The molecule has 0 unspecified atom stereocenters. The van der Waals surface area contributed by atoms with Gasteiger partial charge in [0, 0.05) is 25.6 Å². The third-order valence-corrected chi connectivity index (χ3v) is 5.51. The Morgan fingerprint density at radius 3 is 2.65 bits per heavy atom. The van der Waals surface area contributed by atoms with Gasteiger partial charge in [0.25, 0.3) is 0 Å². The van der Waals surface area contributed by atoms with Crippen LogP contribution in [-0.2, 0) is 27.0 Å². The van der Waals surface area contributed by atoms with Crippen LogP contribution in [0.3, 0.4) is 0 Å². The summed E-state index contributed by atoms with van der Waals surface area (Å²) in [7, 11) is -3.51. The molecule has 2 N–H and O–H groups in total. The number of halogens is 2. The summed E-state index contributed by atoms with van der Waals surface area (Å²) in [6, 6.07) is 6.86. The lowest BCUT2D eigenvalue weighted by molar-refractivity contribution is -0.121. The second-order valence-corrected chi connectivity index (χ2v) is 8.22. The van der Waals surface area contributed by atoms with Crippen molar-refractivity contribution in [3.63, 3.8) is 0 Å². The number of sulfonamides is 1. The van der Waals surface area contributed by atoms with Crippen LogP contribution < -0.4 is 10.0 Å². The molecule has 0 saturated heterocycles. The summed E-state index contributed by atoms with van der Waals surface area (Å²) in [6.45, 7) is 0.322. The maximum absolute atomic E-state index is 11.8. The number of nitrogens with one attached hydrogen (secondary N) is 2. The molecule has 26 heavy (non-hydrogen) atoms. The van der Waals surface area contributed by atoms with E-state index >= 15 is 0 Å². The van der Waals surface area contributed by atoms with Gasteiger partial charge in [-0.15, -0.1) is 0 Å². The van der Waals surface area contributed by atoms with E-state index in [1.54, 1.807) is 12.1 Å². The van der Waals surface area contributed by atoms with E-state index in [4.69, 9.17) is 23.2 Å². The van der Waals surface area contributed by atoms with Crippen LogP contribution in [0.5, 0.6) is 0 Å². The Bertz CT molecular complexity index is 826. The standard InChI is InChI=1S/C16H19Cl2N3O4S/c17-14-5-4-12(10-15(14)18)2-1-3-16(22)19-7-8-20-26(23,24)11-13-6-9-25-21-13/h4-6,9-10,20H,1-3,7-8,11H2,(H,19,22). The van der Waals surface area contributed by atoms with Crippen LogP contribution in [0.4, 0.5) is 0 Å². The predicted octanol–water partition coefficient (Wildman–Crippen LogP) is 2.54. The van der Waals surface area contributed by atoms with Crippen molar-refractivity contribution in [3.05, 3.63) is 51.8 Å². The first-order chi connectivity index (χ1) is 12.4. The number of carbonyl (C=O) groups excluding carboxylic acids is 1. The van der Waals surface area contributed by atoms with Crippen LogP contribution in [-0.4, -0.2) is 32.6 Å². The van der Waals surface area contributed by atoms with Crippen molar-refractivity contribution in [2.45, 2.75) is 25.0 Å². The first kappa shape index (κ1) is 20.7. The minimum atomic E-state index is -3.51. The fourth-order valence-corrected chi connectivity index (χ4v) is 3.58. The largest absolute Gasteiger partial charge is 0.364 e. The molecule has 142 valence electrons. The van der Waals surface area contributed by atoms with Crippen LogP contribution in [0.2, 0.25) is 10.0 Å². The lowest BCUT2D eigenvalue weighted by Crippen LogP contribution is -2.35. The lowest BCUT2D eigenvalue weighted by atomic mass is 10.1. The molecular formula is C16H19Cl2N3O4S. The zero-order valence-corrected chi connectivity index (χ0v) is 16.2. The van der Waals surface area contributed by atoms with E-state index in [2.05, 4.69) is 19.7 Å². The zero-order chi connectivity index (χ0) is 19.0. The minimum Gasteiger partial charge on any atom is -0.364 e. The van der Waals surface area contributed by atoms with Gasteiger partial charge in [0.05, 0.1) is 15.7 Å². The molecule has 10 heteroatoms. The number of aryl methyl sites for hydroxylation is 1. The summed E-state index contributed by atoms with van der Waals surface area (Å²) in [5.74, 6) is -0.401. The van der Waals surface area contributed by atoms with E-state index < -0.39 is 10.0 Å². The lowest BCUT2D eigenvalue weighted by Gasteiger charge is -2.07. The molecule has 1 aromatic heterocycles. The molecule has 0 spiro atoms.